The zero-order chi connectivity index (χ0) is 38.4. The molecule has 3 fully saturated rings. The first-order chi connectivity index (χ1) is 25.6. The summed E-state index contributed by atoms with van der Waals surface area (Å²) in [7, 11) is 0. The standard InChI is InChI=1S/C38H25BrCl3F3N4O5/c39-19-3-7-21(8-4-19)48-33(51)25-12-11-23-26(30(25)35(48)53)15-27-34(52)49(47-32-29(42)13-18(16-46-32)38(43,44)45)36(54)37(27,17-1-5-20(40)6-2-17)31(23)24-10-9-22(50)14-28(24)41/h1-11,13-14,16,25-27,30-31,50H,12,15H2,(H,46,47). The highest BCUT2D eigenvalue weighted by Crippen LogP contribution is 2.65. The van der Waals surface area contributed by atoms with Crippen LogP contribution < -0.4 is 10.3 Å². The minimum Gasteiger partial charge on any atom is -0.508 e. The maximum absolute atomic E-state index is 15.3. The molecule has 0 bridgehead atoms. The Balaban J connectivity index is 1.31. The van der Waals surface area contributed by atoms with Crippen LogP contribution in [-0.4, -0.2) is 38.7 Å². The molecule has 1 aromatic heterocycles. The SMILES string of the molecule is O=C1C2CC3C(=CCC4C(=O)N(c5ccc(Br)cc5)C(=O)C43)C(c3ccc(O)cc3Cl)C2(c2ccc(Cl)cc2)C(=O)N1Nc1ncc(C(F)(F)F)cc1Cl. The maximum Gasteiger partial charge on any atom is 0.417 e. The quantitative estimate of drug-likeness (QED) is 0.152. The fourth-order valence-electron chi connectivity index (χ4n) is 8.72. The van der Waals surface area contributed by atoms with E-state index in [2.05, 4.69) is 26.3 Å². The minimum atomic E-state index is -4.76. The molecule has 16 heteroatoms. The predicted molar refractivity (Wildman–Crippen MR) is 197 cm³/mol. The van der Waals surface area contributed by atoms with Gasteiger partial charge in [0.25, 0.3) is 11.8 Å². The van der Waals surface area contributed by atoms with Crippen LogP contribution in [0.4, 0.5) is 24.7 Å². The number of rotatable bonds is 5. The van der Waals surface area contributed by atoms with Crippen LogP contribution in [0.5, 0.6) is 5.75 Å². The van der Waals surface area contributed by atoms with Gasteiger partial charge in [0.2, 0.25) is 11.8 Å². The van der Waals surface area contributed by atoms with Crippen molar-refractivity contribution in [1.82, 2.24) is 9.99 Å². The van der Waals surface area contributed by atoms with Crippen LogP contribution in [0, 0.1) is 23.7 Å². The van der Waals surface area contributed by atoms with E-state index >= 15 is 4.79 Å². The Hall–Kier alpha value is -4.43. The lowest BCUT2D eigenvalue weighted by Crippen LogP contribution is -2.53. The second kappa shape index (κ2) is 13.1. The van der Waals surface area contributed by atoms with Gasteiger partial charge < -0.3 is 5.11 Å². The van der Waals surface area contributed by atoms with Gasteiger partial charge in [-0.3, -0.25) is 29.5 Å². The second-order valence-electron chi connectivity index (χ2n) is 13.6. The number of halogens is 7. The van der Waals surface area contributed by atoms with Gasteiger partial charge in [0.15, 0.2) is 5.82 Å². The number of nitrogens with zero attached hydrogens (tertiary/aromatic N) is 3. The monoisotopic (exact) mass is 858 g/mol. The van der Waals surface area contributed by atoms with E-state index in [-0.39, 0.29) is 29.4 Å². The molecule has 8 rings (SSSR count). The molecular formula is C38H25BrCl3F3N4O5. The van der Waals surface area contributed by atoms with Crippen molar-refractivity contribution < 1.29 is 37.5 Å². The van der Waals surface area contributed by atoms with E-state index in [1.807, 2.05) is 6.08 Å². The molecule has 1 saturated carbocycles. The lowest BCUT2D eigenvalue weighted by atomic mass is 9.49. The van der Waals surface area contributed by atoms with Crippen molar-refractivity contribution in [2.24, 2.45) is 23.7 Å². The number of hydrogen-bond donors (Lipinski definition) is 2. The summed E-state index contributed by atoms with van der Waals surface area (Å²) in [4.78, 5) is 63.4. The van der Waals surface area contributed by atoms with Crippen LogP contribution in [0.1, 0.15) is 35.4 Å². The molecule has 6 unspecified atom stereocenters. The van der Waals surface area contributed by atoms with Gasteiger partial charge in [-0.1, -0.05) is 80.6 Å². The van der Waals surface area contributed by atoms with Gasteiger partial charge in [-0.2, -0.15) is 18.2 Å². The Bertz CT molecular complexity index is 2310. The molecule has 0 radical (unpaired) electrons. The zero-order valence-corrected chi connectivity index (χ0v) is 31.3. The van der Waals surface area contributed by atoms with E-state index in [9.17, 15) is 32.7 Å². The molecule has 9 nitrogen and oxygen atoms in total. The van der Waals surface area contributed by atoms with E-state index in [0.717, 1.165) is 9.37 Å². The van der Waals surface area contributed by atoms with E-state index in [1.54, 1.807) is 54.6 Å². The highest BCUT2D eigenvalue weighted by atomic mass is 79.9. The Morgan fingerprint density at radius 3 is 2.22 bits per heavy atom. The van der Waals surface area contributed by atoms with E-state index in [0.29, 0.717) is 44.7 Å². The molecule has 2 saturated heterocycles. The summed E-state index contributed by atoms with van der Waals surface area (Å²) in [5, 5.41) is 11.0. The summed E-state index contributed by atoms with van der Waals surface area (Å²) in [5.74, 6) is -7.60. The Labute approximate surface area is 328 Å². The summed E-state index contributed by atoms with van der Waals surface area (Å²) < 4.78 is 41.1. The van der Waals surface area contributed by atoms with Crippen molar-refractivity contribution in [3.05, 3.63) is 127 Å². The summed E-state index contributed by atoms with van der Waals surface area (Å²) in [6.07, 6.45) is -2.30. The molecular weight excluding hydrogens is 836 g/mol. The molecule has 6 atom stereocenters. The average Bonchev–Trinajstić information content (AvgIpc) is 3.50. The fourth-order valence-corrected chi connectivity index (χ4v) is 9.60. The number of aromatic nitrogens is 1. The van der Waals surface area contributed by atoms with Crippen LogP contribution in [0.25, 0.3) is 0 Å². The molecule has 2 aliphatic carbocycles. The number of phenolic OH excluding ortho intramolecular Hbond substituents is 1. The van der Waals surface area contributed by atoms with E-state index in [1.165, 1.54) is 12.1 Å². The van der Waals surface area contributed by atoms with Gasteiger partial charge in [0.05, 0.1) is 39.4 Å². The van der Waals surface area contributed by atoms with Crippen molar-refractivity contribution in [1.29, 1.82) is 0 Å². The Kier molecular flexibility index (Phi) is 8.87. The van der Waals surface area contributed by atoms with Crippen LogP contribution in [0.3, 0.4) is 0 Å². The van der Waals surface area contributed by atoms with Gasteiger partial charge in [0.1, 0.15) is 5.75 Å². The summed E-state index contributed by atoms with van der Waals surface area (Å²) in [6, 6.07) is 18.0. The molecule has 3 heterocycles. The summed E-state index contributed by atoms with van der Waals surface area (Å²) >= 11 is 22.8. The molecule has 0 spiro atoms. The Morgan fingerprint density at radius 1 is 0.870 bits per heavy atom. The first-order valence-electron chi connectivity index (χ1n) is 16.6. The van der Waals surface area contributed by atoms with Crippen molar-refractivity contribution in [2.75, 3.05) is 10.3 Å². The van der Waals surface area contributed by atoms with Crippen LogP contribution in [0.2, 0.25) is 15.1 Å². The third kappa shape index (κ3) is 5.53. The normalized spacial score (nSPS) is 26.4. The summed E-state index contributed by atoms with van der Waals surface area (Å²) in [6.45, 7) is 0. The number of phenols is 1. The molecule has 4 amide bonds. The number of nitrogens with one attached hydrogen (secondary N) is 1. The second-order valence-corrected chi connectivity index (χ2v) is 15.8. The molecule has 4 aromatic rings. The third-order valence-corrected chi connectivity index (χ3v) is 12.3. The Morgan fingerprint density at radius 2 is 1.57 bits per heavy atom. The van der Waals surface area contributed by atoms with Crippen molar-refractivity contribution >= 4 is 85.9 Å². The topological polar surface area (TPSA) is 120 Å². The van der Waals surface area contributed by atoms with Gasteiger partial charge in [0, 0.05) is 26.6 Å². The van der Waals surface area contributed by atoms with Crippen LogP contribution >= 0.6 is 50.7 Å². The number of allylic oxidation sites excluding steroid dienone is 2. The number of anilines is 2. The predicted octanol–water partition coefficient (Wildman–Crippen LogP) is 8.72. The number of imide groups is 2. The van der Waals surface area contributed by atoms with Gasteiger partial charge >= 0.3 is 6.18 Å². The number of amides is 4. The number of carbonyl (C=O) groups excluding carboxylic acids is 4. The lowest BCUT2D eigenvalue weighted by molar-refractivity contribution is -0.139. The number of hydrazine groups is 1. The van der Waals surface area contributed by atoms with E-state index in [4.69, 9.17) is 34.8 Å². The van der Waals surface area contributed by atoms with Crippen molar-refractivity contribution in [3.63, 3.8) is 0 Å². The third-order valence-electron chi connectivity index (χ3n) is 10.9. The van der Waals surface area contributed by atoms with Crippen LogP contribution in [-0.2, 0) is 30.8 Å². The fraction of sp³-hybridized carbons (Fsp3) is 0.237. The maximum atomic E-state index is 15.3. The highest BCUT2D eigenvalue weighted by molar-refractivity contribution is 9.10. The lowest BCUT2D eigenvalue weighted by Gasteiger charge is -2.50. The molecule has 2 aliphatic heterocycles. The van der Waals surface area contributed by atoms with Crippen LogP contribution in [0.15, 0.2) is 95.1 Å². The minimum absolute atomic E-state index is 0.0635. The number of carbonyl (C=O) groups is 4. The first-order valence-corrected chi connectivity index (χ1v) is 18.5. The molecule has 3 aromatic carbocycles. The van der Waals surface area contributed by atoms with Crippen molar-refractivity contribution in [2.45, 2.75) is 30.4 Å². The number of alkyl halides is 3. The summed E-state index contributed by atoms with van der Waals surface area (Å²) in [5.41, 5.74) is 1.39. The molecule has 4 aliphatic rings. The first kappa shape index (κ1) is 36.5. The van der Waals surface area contributed by atoms with Gasteiger partial charge in [-0.15, -0.1) is 0 Å². The number of aromatic hydroxyl groups is 1. The average molecular weight is 861 g/mol. The molecule has 2 N–H and O–H groups in total. The number of fused-ring (bicyclic) bond motifs is 4. The number of pyridine rings is 1. The highest BCUT2D eigenvalue weighted by Gasteiger charge is 2.70. The molecule has 54 heavy (non-hydrogen) atoms. The van der Waals surface area contributed by atoms with Gasteiger partial charge in [-0.25, -0.2) is 4.98 Å². The largest absolute Gasteiger partial charge is 0.508 e. The van der Waals surface area contributed by atoms with Gasteiger partial charge in [-0.05, 0) is 84.5 Å². The zero-order valence-electron chi connectivity index (χ0n) is 27.5. The van der Waals surface area contributed by atoms with Crippen molar-refractivity contribution in [3.8, 4) is 5.75 Å². The smallest absolute Gasteiger partial charge is 0.417 e. The number of benzene rings is 3. The number of hydrogen-bond acceptors (Lipinski definition) is 7. The molecule has 276 valence electrons. The van der Waals surface area contributed by atoms with E-state index < -0.39 is 75.4 Å².